The van der Waals surface area contributed by atoms with E-state index in [1.807, 2.05) is 0 Å². The van der Waals surface area contributed by atoms with Gasteiger partial charge in [0.25, 0.3) is 11.5 Å². The van der Waals surface area contributed by atoms with Gasteiger partial charge in [0.1, 0.15) is 17.1 Å². The lowest BCUT2D eigenvalue weighted by atomic mass is 9.93. The predicted molar refractivity (Wildman–Crippen MR) is 101 cm³/mol. The van der Waals surface area contributed by atoms with E-state index in [4.69, 9.17) is 4.42 Å². The maximum absolute atomic E-state index is 13.1. The smallest absolute Gasteiger partial charge is 0.267 e. The molecular formula is C20H19N3O5. The number of nitrogens with zero attached hydrogens (tertiary/aromatic N) is 2. The molecule has 0 aliphatic heterocycles. The van der Waals surface area contributed by atoms with Gasteiger partial charge in [-0.2, -0.15) is 0 Å². The van der Waals surface area contributed by atoms with E-state index in [0.717, 1.165) is 18.5 Å². The molecule has 28 heavy (non-hydrogen) atoms. The van der Waals surface area contributed by atoms with Crippen LogP contribution in [0.3, 0.4) is 0 Å². The van der Waals surface area contributed by atoms with Gasteiger partial charge in [-0.15, -0.1) is 0 Å². The van der Waals surface area contributed by atoms with Crippen LogP contribution in [-0.4, -0.2) is 25.7 Å². The Hall–Kier alpha value is -3.55. The number of nitrogens with one attached hydrogen (secondary N) is 1. The van der Waals surface area contributed by atoms with E-state index in [9.17, 15) is 19.8 Å². The summed E-state index contributed by atoms with van der Waals surface area (Å²) in [5.74, 6) is -0.860. The summed E-state index contributed by atoms with van der Waals surface area (Å²) in [6, 6.07) is 6.35. The van der Waals surface area contributed by atoms with Gasteiger partial charge < -0.3 is 24.5 Å². The number of anilines is 1. The summed E-state index contributed by atoms with van der Waals surface area (Å²) in [7, 11) is 0. The maximum atomic E-state index is 13.1. The molecule has 0 saturated heterocycles. The Morgan fingerprint density at radius 3 is 2.79 bits per heavy atom. The number of hydrogen-bond acceptors (Lipinski definition) is 6. The third-order valence-electron chi connectivity index (χ3n) is 4.89. The van der Waals surface area contributed by atoms with E-state index in [1.54, 1.807) is 12.1 Å². The summed E-state index contributed by atoms with van der Waals surface area (Å²) in [5.41, 5.74) is 0.356. The summed E-state index contributed by atoms with van der Waals surface area (Å²) < 4.78 is 6.85. The molecule has 1 amide bonds. The molecule has 0 atom stereocenters. The van der Waals surface area contributed by atoms with Crippen molar-refractivity contribution in [3.63, 3.8) is 0 Å². The van der Waals surface area contributed by atoms with Crippen LogP contribution in [0, 0.1) is 0 Å². The SMILES string of the molecule is O=C(Nc1ncccc1O)c1c(O)c2c(n(Cc3ccco3)c1=O)CCCC2. The van der Waals surface area contributed by atoms with Gasteiger partial charge in [0.2, 0.25) is 0 Å². The highest BCUT2D eigenvalue weighted by molar-refractivity contribution is 6.06. The number of carbonyl (C=O) groups is 1. The average Bonchev–Trinajstić information content (AvgIpc) is 3.20. The second-order valence-electron chi connectivity index (χ2n) is 6.65. The summed E-state index contributed by atoms with van der Waals surface area (Å²) in [6.45, 7) is 0.170. The number of amides is 1. The van der Waals surface area contributed by atoms with Crippen LogP contribution in [0.5, 0.6) is 11.5 Å². The Labute approximate surface area is 160 Å². The third kappa shape index (κ3) is 3.13. The van der Waals surface area contributed by atoms with E-state index >= 15 is 0 Å². The highest BCUT2D eigenvalue weighted by Gasteiger charge is 2.28. The number of pyridine rings is 2. The first-order valence-electron chi connectivity index (χ1n) is 9.01. The van der Waals surface area contributed by atoms with Crippen molar-refractivity contribution in [1.29, 1.82) is 0 Å². The minimum absolute atomic E-state index is 0.0818. The van der Waals surface area contributed by atoms with Crippen molar-refractivity contribution in [3.05, 3.63) is 69.7 Å². The van der Waals surface area contributed by atoms with Gasteiger partial charge >= 0.3 is 0 Å². The van der Waals surface area contributed by atoms with E-state index in [1.165, 1.54) is 29.2 Å². The molecule has 3 aromatic heterocycles. The largest absolute Gasteiger partial charge is 0.507 e. The van der Waals surface area contributed by atoms with Crippen LogP contribution >= 0.6 is 0 Å². The molecule has 0 fully saturated rings. The molecule has 144 valence electrons. The molecule has 0 radical (unpaired) electrons. The molecule has 0 spiro atoms. The van der Waals surface area contributed by atoms with Crippen molar-refractivity contribution >= 4 is 11.7 Å². The number of aromatic hydroxyl groups is 2. The van der Waals surface area contributed by atoms with Crippen molar-refractivity contribution in [3.8, 4) is 11.5 Å². The van der Waals surface area contributed by atoms with E-state index < -0.39 is 11.5 Å². The van der Waals surface area contributed by atoms with E-state index in [0.29, 0.717) is 24.2 Å². The first-order chi connectivity index (χ1) is 13.6. The fourth-order valence-corrected chi connectivity index (χ4v) is 3.55. The first kappa shape index (κ1) is 17.8. The van der Waals surface area contributed by atoms with Gasteiger partial charge in [0, 0.05) is 17.5 Å². The summed E-state index contributed by atoms with van der Waals surface area (Å²) in [4.78, 5) is 29.8. The van der Waals surface area contributed by atoms with Crippen LogP contribution in [0.15, 0.2) is 45.9 Å². The topological polar surface area (TPSA) is 118 Å². The monoisotopic (exact) mass is 381 g/mol. The second kappa shape index (κ2) is 7.22. The van der Waals surface area contributed by atoms with Crippen LogP contribution in [0.25, 0.3) is 0 Å². The minimum atomic E-state index is -0.821. The van der Waals surface area contributed by atoms with Crippen molar-refractivity contribution in [1.82, 2.24) is 9.55 Å². The number of aromatic nitrogens is 2. The second-order valence-corrected chi connectivity index (χ2v) is 6.65. The molecule has 0 saturated carbocycles. The fraction of sp³-hybridized carbons (Fsp3) is 0.250. The zero-order valence-corrected chi connectivity index (χ0v) is 15.0. The van der Waals surface area contributed by atoms with Crippen molar-refractivity contribution in [2.24, 2.45) is 0 Å². The van der Waals surface area contributed by atoms with Crippen LogP contribution in [0.4, 0.5) is 5.82 Å². The van der Waals surface area contributed by atoms with Crippen molar-refractivity contribution < 1.29 is 19.4 Å². The van der Waals surface area contributed by atoms with Crippen LogP contribution < -0.4 is 10.9 Å². The summed E-state index contributed by atoms with van der Waals surface area (Å²) >= 11 is 0. The fourth-order valence-electron chi connectivity index (χ4n) is 3.55. The van der Waals surface area contributed by atoms with Crippen molar-refractivity contribution in [2.45, 2.75) is 32.2 Å². The lowest BCUT2D eigenvalue weighted by molar-refractivity contribution is 0.102. The highest BCUT2D eigenvalue weighted by atomic mass is 16.3. The zero-order chi connectivity index (χ0) is 19.7. The van der Waals surface area contributed by atoms with Crippen LogP contribution in [-0.2, 0) is 19.4 Å². The van der Waals surface area contributed by atoms with Gasteiger partial charge in [-0.25, -0.2) is 4.98 Å². The normalized spacial score (nSPS) is 13.1. The van der Waals surface area contributed by atoms with Gasteiger partial charge in [-0.1, -0.05) is 0 Å². The summed E-state index contributed by atoms with van der Waals surface area (Å²) in [5, 5.41) is 22.9. The quantitative estimate of drug-likeness (QED) is 0.639. The molecule has 1 aliphatic carbocycles. The van der Waals surface area contributed by atoms with Crippen LogP contribution in [0.1, 0.15) is 40.2 Å². The molecule has 8 nitrogen and oxygen atoms in total. The third-order valence-corrected chi connectivity index (χ3v) is 4.89. The summed E-state index contributed by atoms with van der Waals surface area (Å²) in [6.07, 6.45) is 5.90. The molecule has 1 aliphatic rings. The van der Waals surface area contributed by atoms with Gasteiger partial charge in [-0.3, -0.25) is 9.59 Å². The Bertz CT molecular complexity index is 1090. The minimum Gasteiger partial charge on any atom is -0.507 e. The molecule has 4 rings (SSSR count). The van der Waals surface area contributed by atoms with Gasteiger partial charge in [-0.05, 0) is 49.9 Å². The number of furan rings is 1. The lowest BCUT2D eigenvalue weighted by Gasteiger charge is -2.23. The Balaban J connectivity index is 1.81. The Morgan fingerprint density at radius 2 is 2.04 bits per heavy atom. The van der Waals surface area contributed by atoms with Crippen LogP contribution in [0.2, 0.25) is 0 Å². The van der Waals surface area contributed by atoms with Gasteiger partial charge in [0.15, 0.2) is 11.6 Å². The predicted octanol–water partition coefficient (Wildman–Crippen LogP) is 2.43. The Morgan fingerprint density at radius 1 is 1.21 bits per heavy atom. The Kier molecular flexibility index (Phi) is 4.60. The molecule has 3 N–H and O–H groups in total. The number of fused-ring (bicyclic) bond motifs is 1. The average molecular weight is 381 g/mol. The molecule has 0 aromatic carbocycles. The molecule has 3 aromatic rings. The number of rotatable bonds is 4. The van der Waals surface area contributed by atoms with E-state index in [2.05, 4.69) is 10.3 Å². The number of hydrogen-bond donors (Lipinski definition) is 3. The van der Waals surface area contributed by atoms with E-state index in [-0.39, 0.29) is 29.4 Å². The first-order valence-corrected chi connectivity index (χ1v) is 9.01. The molecule has 0 unspecified atom stereocenters. The molecule has 3 heterocycles. The van der Waals surface area contributed by atoms with Gasteiger partial charge in [0.05, 0.1) is 12.8 Å². The maximum Gasteiger partial charge on any atom is 0.267 e. The molecule has 8 heteroatoms. The zero-order valence-electron chi connectivity index (χ0n) is 15.0. The highest BCUT2D eigenvalue weighted by Crippen LogP contribution is 2.31. The number of carbonyl (C=O) groups excluding carboxylic acids is 1. The molecular weight excluding hydrogens is 362 g/mol. The molecule has 0 bridgehead atoms. The van der Waals surface area contributed by atoms with Crippen molar-refractivity contribution in [2.75, 3.05) is 5.32 Å². The lowest BCUT2D eigenvalue weighted by Crippen LogP contribution is -2.34. The standard InChI is InChI=1S/C20H19N3O5/c24-15-8-3-9-21-18(15)22-19(26)16-17(25)13-6-1-2-7-14(13)23(20(16)27)11-12-5-4-10-28-12/h3-5,8-10,24-25H,1-2,6-7,11H2,(H,21,22,26).